The number of methoxy groups -OCH3 is 1. The summed E-state index contributed by atoms with van der Waals surface area (Å²) >= 11 is 0. The molecule has 1 aliphatic rings. The Labute approximate surface area is 163 Å². The molecule has 148 valence electrons. The normalized spacial score (nSPS) is 12.4. The Kier molecular flexibility index (Phi) is 6.56. The molecule has 1 aliphatic heterocycles. The third-order valence-electron chi connectivity index (χ3n) is 4.19. The summed E-state index contributed by atoms with van der Waals surface area (Å²) in [5.74, 6) is 2.69. The molecule has 0 aliphatic carbocycles. The molecule has 3 rings (SSSR count). The van der Waals surface area contributed by atoms with E-state index >= 15 is 0 Å². The number of carbonyl (C=O) groups is 1. The molecule has 3 N–H and O–H groups in total. The van der Waals surface area contributed by atoms with Gasteiger partial charge in [-0.25, -0.2) is 0 Å². The van der Waals surface area contributed by atoms with E-state index in [4.69, 9.17) is 14.2 Å². The molecule has 28 heavy (non-hydrogen) atoms. The van der Waals surface area contributed by atoms with Crippen LogP contribution in [0.3, 0.4) is 0 Å². The Morgan fingerprint density at radius 1 is 1.00 bits per heavy atom. The maximum absolute atomic E-state index is 12.1. The van der Waals surface area contributed by atoms with Crippen LogP contribution in [0.4, 0.5) is 0 Å². The first-order valence-corrected chi connectivity index (χ1v) is 8.90. The molecule has 0 saturated heterocycles. The van der Waals surface area contributed by atoms with Gasteiger partial charge >= 0.3 is 0 Å². The zero-order chi connectivity index (χ0) is 19.8. The molecule has 1 amide bonds. The molecule has 8 heteroatoms. The number of ether oxygens (including phenoxy) is 3. The van der Waals surface area contributed by atoms with Crippen LogP contribution in [0.1, 0.15) is 11.1 Å². The Morgan fingerprint density at radius 2 is 1.71 bits per heavy atom. The number of carbonyl (C=O) groups excluding carboxylic acids is 1. The number of nitrogens with one attached hydrogen (secondary N) is 3. The molecule has 0 atom stereocenters. The summed E-state index contributed by atoms with van der Waals surface area (Å²) in [7, 11) is 3.28. The van der Waals surface area contributed by atoms with E-state index in [0.717, 1.165) is 28.4 Å². The number of nitrogens with zero attached hydrogens (tertiary/aromatic N) is 1. The van der Waals surface area contributed by atoms with Crippen molar-refractivity contribution in [1.82, 2.24) is 16.0 Å². The monoisotopic (exact) mass is 384 g/mol. The molecule has 2 aromatic carbocycles. The largest absolute Gasteiger partial charge is 0.497 e. The van der Waals surface area contributed by atoms with Gasteiger partial charge in [0.25, 0.3) is 0 Å². The molecule has 1 heterocycles. The number of guanidine groups is 1. The van der Waals surface area contributed by atoms with Crippen LogP contribution in [0.15, 0.2) is 47.5 Å². The Morgan fingerprint density at radius 3 is 2.46 bits per heavy atom. The van der Waals surface area contributed by atoms with Gasteiger partial charge in [0.2, 0.25) is 12.7 Å². The second-order valence-electron chi connectivity index (χ2n) is 6.09. The van der Waals surface area contributed by atoms with E-state index in [2.05, 4.69) is 20.9 Å². The lowest BCUT2D eigenvalue weighted by Crippen LogP contribution is -2.42. The Hall–Kier alpha value is -3.42. The van der Waals surface area contributed by atoms with Gasteiger partial charge < -0.3 is 30.2 Å². The number of fused-ring (bicyclic) bond motifs is 1. The van der Waals surface area contributed by atoms with Gasteiger partial charge in [-0.3, -0.25) is 9.79 Å². The lowest BCUT2D eigenvalue weighted by Gasteiger charge is -2.12. The van der Waals surface area contributed by atoms with Crippen molar-refractivity contribution in [1.29, 1.82) is 0 Å². The van der Waals surface area contributed by atoms with E-state index in [1.807, 2.05) is 42.5 Å². The molecule has 0 radical (unpaired) electrons. The fourth-order valence-electron chi connectivity index (χ4n) is 2.63. The van der Waals surface area contributed by atoms with Gasteiger partial charge in [0.05, 0.1) is 13.7 Å². The smallest absolute Gasteiger partial charge is 0.239 e. The van der Waals surface area contributed by atoms with Crippen molar-refractivity contribution < 1.29 is 19.0 Å². The first-order valence-electron chi connectivity index (χ1n) is 8.90. The molecular formula is C20H24N4O4. The number of hydrogen-bond acceptors (Lipinski definition) is 5. The van der Waals surface area contributed by atoms with Crippen LogP contribution in [-0.2, 0) is 17.9 Å². The third kappa shape index (κ3) is 5.29. The molecular weight excluding hydrogens is 360 g/mol. The van der Waals surface area contributed by atoms with Gasteiger partial charge in [-0.2, -0.15) is 0 Å². The van der Waals surface area contributed by atoms with E-state index in [0.29, 0.717) is 19.0 Å². The SMILES string of the molecule is CN=C(NCC(=O)NCc1ccc(OC)cc1)NCc1ccc2c(c1)OCO2. The predicted octanol–water partition coefficient (Wildman–Crippen LogP) is 1.41. The highest BCUT2D eigenvalue weighted by molar-refractivity contribution is 5.86. The number of benzene rings is 2. The third-order valence-corrected chi connectivity index (χ3v) is 4.19. The molecule has 0 spiro atoms. The summed E-state index contributed by atoms with van der Waals surface area (Å²) in [4.78, 5) is 16.2. The molecule has 0 bridgehead atoms. The van der Waals surface area contributed by atoms with Crippen molar-refractivity contribution >= 4 is 11.9 Å². The van der Waals surface area contributed by atoms with Crippen LogP contribution in [-0.4, -0.2) is 39.4 Å². The van der Waals surface area contributed by atoms with Crippen LogP contribution < -0.4 is 30.2 Å². The fraction of sp³-hybridized carbons (Fsp3) is 0.300. The van der Waals surface area contributed by atoms with Crippen molar-refractivity contribution in [3.05, 3.63) is 53.6 Å². The average Bonchev–Trinajstić information content (AvgIpc) is 3.20. The second kappa shape index (κ2) is 9.50. The maximum Gasteiger partial charge on any atom is 0.239 e. The average molecular weight is 384 g/mol. The summed E-state index contributed by atoms with van der Waals surface area (Å²) in [6.45, 7) is 1.37. The minimum atomic E-state index is -0.123. The van der Waals surface area contributed by atoms with Gasteiger partial charge in [0.1, 0.15) is 5.75 Å². The number of amides is 1. The summed E-state index contributed by atoms with van der Waals surface area (Å²) in [6, 6.07) is 13.3. The molecule has 2 aromatic rings. The van der Waals surface area contributed by atoms with Crippen LogP contribution in [0.25, 0.3) is 0 Å². The highest BCUT2D eigenvalue weighted by atomic mass is 16.7. The van der Waals surface area contributed by atoms with Crippen LogP contribution in [0, 0.1) is 0 Å². The standard InChI is InChI=1S/C20H24N4O4/c1-21-20(23-11-15-5-8-17-18(9-15)28-13-27-17)24-12-19(25)22-10-14-3-6-16(26-2)7-4-14/h3-9H,10-13H2,1-2H3,(H,22,25)(H2,21,23,24). The van der Waals surface area contributed by atoms with Gasteiger partial charge in [0.15, 0.2) is 17.5 Å². The first kappa shape index (κ1) is 19.3. The lowest BCUT2D eigenvalue weighted by molar-refractivity contribution is -0.120. The first-order chi connectivity index (χ1) is 13.7. The second-order valence-corrected chi connectivity index (χ2v) is 6.09. The number of hydrogen-bond donors (Lipinski definition) is 3. The van der Waals surface area contributed by atoms with Gasteiger partial charge in [-0.15, -0.1) is 0 Å². The highest BCUT2D eigenvalue weighted by Gasteiger charge is 2.13. The summed E-state index contributed by atoms with van der Waals surface area (Å²) in [5.41, 5.74) is 2.02. The van der Waals surface area contributed by atoms with Gasteiger partial charge in [-0.1, -0.05) is 18.2 Å². The molecule has 8 nitrogen and oxygen atoms in total. The van der Waals surface area contributed by atoms with E-state index in [9.17, 15) is 4.79 Å². The van der Waals surface area contributed by atoms with Crippen molar-refractivity contribution in [2.45, 2.75) is 13.1 Å². The van der Waals surface area contributed by atoms with Crippen molar-refractivity contribution in [3.8, 4) is 17.2 Å². The zero-order valence-electron chi connectivity index (χ0n) is 16.0. The van der Waals surface area contributed by atoms with Crippen LogP contribution in [0.2, 0.25) is 0 Å². The maximum atomic E-state index is 12.1. The van der Waals surface area contributed by atoms with E-state index in [-0.39, 0.29) is 19.2 Å². The number of aliphatic imine (C=N–C) groups is 1. The molecule has 0 saturated carbocycles. The van der Waals surface area contributed by atoms with E-state index in [1.165, 1.54) is 0 Å². The number of rotatable bonds is 7. The van der Waals surface area contributed by atoms with Crippen molar-refractivity contribution in [2.24, 2.45) is 4.99 Å². The van der Waals surface area contributed by atoms with Gasteiger partial charge in [0, 0.05) is 20.1 Å². The summed E-state index contributed by atoms with van der Waals surface area (Å²) in [5, 5.41) is 9.03. The molecule has 0 fully saturated rings. The predicted molar refractivity (Wildman–Crippen MR) is 106 cm³/mol. The van der Waals surface area contributed by atoms with Crippen molar-refractivity contribution in [3.63, 3.8) is 0 Å². The lowest BCUT2D eigenvalue weighted by atomic mass is 10.2. The van der Waals surface area contributed by atoms with Crippen LogP contribution in [0.5, 0.6) is 17.2 Å². The zero-order valence-corrected chi connectivity index (χ0v) is 16.0. The summed E-state index contributed by atoms with van der Waals surface area (Å²) < 4.78 is 15.8. The highest BCUT2D eigenvalue weighted by Crippen LogP contribution is 2.32. The Bertz CT molecular complexity index is 837. The summed E-state index contributed by atoms with van der Waals surface area (Å²) in [6.07, 6.45) is 0. The quantitative estimate of drug-likeness (QED) is 0.494. The van der Waals surface area contributed by atoms with Crippen LogP contribution >= 0.6 is 0 Å². The van der Waals surface area contributed by atoms with E-state index < -0.39 is 0 Å². The van der Waals surface area contributed by atoms with E-state index in [1.54, 1.807) is 14.2 Å². The topological polar surface area (TPSA) is 93.2 Å². The minimum absolute atomic E-state index is 0.122. The molecule has 0 aromatic heterocycles. The molecule has 0 unspecified atom stereocenters. The van der Waals surface area contributed by atoms with Crippen molar-refractivity contribution in [2.75, 3.05) is 27.5 Å². The van der Waals surface area contributed by atoms with Gasteiger partial charge in [-0.05, 0) is 35.4 Å². The fourth-order valence-corrected chi connectivity index (χ4v) is 2.63. The Balaban J connectivity index is 1.40. The minimum Gasteiger partial charge on any atom is -0.497 e.